The lowest BCUT2D eigenvalue weighted by atomic mass is 9.93. The highest BCUT2D eigenvalue weighted by molar-refractivity contribution is 6.31. The summed E-state index contributed by atoms with van der Waals surface area (Å²) in [5.74, 6) is 0.226. The van der Waals surface area contributed by atoms with Crippen molar-refractivity contribution in [2.75, 3.05) is 0 Å². The van der Waals surface area contributed by atoms with Crippen molar-refractivity contribution in [1.82, 2.24) is 14.1 Å². The van der Waals surface area contributed by atoms with Crippen LogP contribution in [-0.2, 0) is 13.1 Å². The average molecular weight is 606 g/mol. The first kappa shape index (κ1) is 28.3. The number of imidazole rings is 1. The normalized spacial score (nSPS) is 11.5. The third kappa shape index (κ3) is 5.62. The Labute approximate surface area is 265 Å². The number of fused-ring (bicyclic) bond motifs is 2. The van der Waals surface area contributed by atoms with E-state index in [1.807, 2.05) is 115 Å². The van der Waals surface area contributed by atoms with E-state index in [0.717, 1.165) is 33.1 Å². The topological polar surface area (TPSA) is 56.9 Å². The molecule has 2 aromatic heterocycles. The summed E-state index contributed by atoms with van der Waals surface area (Å²) in [6.07, 6.45) is 3.18. The molecule has 6 heteroatoms. The van der Waals surface area contributed by atoms with Gasteiger partial charge < -0.3 is 9.13 Å². The molecule has 5 aromatic carbocycles. The van der Waals surface area contributed by atoms with Crippen molar-refractivity contribution >= 4 is 45.4 Å². The monoisotopic (exact) mass is 605 g/mol. The minimum absolute atomic E-state index is 0.0915. The molecule has 0 aliphatic heterocycles. The van der Waals surface area contributed by atoms with Gasteiger partial charge in [0.15, 0.2) is 5.78 Å². The zero-order chi connectivity index (χ0) is 30.8. The standard InChI is InChI=1S/C39H28ClN3O2/c40-30-20-21-33-31(24-30)37(29-16-8-3-9-17-29)38(39(45)43(33)26-28-14-6-2-7-15-28)35(44)22-23-36-41-32-18-10-11-19-34(32)42(36)25-27-12-4-1-5-13-27/h1-24H,25-26H2. The van der Waals surface area contributed by atoms with Crippen LogP contribution in [0.15, 0.2) is 144 Å². The van der Waals surface area contributed by atoms with Gasteiger partial charge in [-0.3, -0.25) is 9.59 Å². The second-order valence-electron chi connectivity index (χ2n) is 10.9. The molecule has 0 aliphatic rings. The maximum absolute atomic E-state index is 14.4. The van der Waals surface area contributed by atoms with Gasteiger partial charge in [-0.15, -0.1) is 0 Å². The molecule has 7 rings (SSSR count). The van der Waals surface area contributed by atoms with E-state index in [2.05, 4.69) is 16.7 Å². The van der Waals surface area contributed by atoms with Crippen molar-refractivity contribution in [1.29, 1.82) is 0 Å². The molecule has 5 nitrogen and oxygen atoms in total. The number of hydrogen-bond donors (Lipinski definition) is 0. The van der Waals surface area contributed by atoms with Gasteiger partial charge in [0.25, 0.3) is 5.56 Å². The van der Waals surface area contributed by atoms with Gasteiger partial charge in [-0.05, 0) is 59.2 Å². The van der Waals surface area contributed by atoms with E-state index in [-0.39, 0.29) is 11.1 Å². The predicted molar refractivity (Wildman–Crippen MR) is 183 cm³/mol. The summed E-state index contributed by atoms with van der Waals surface area (Å²) >= 11 is 6.53. The van der Waals surface area contributed by atoms with Crippen LogP contribution in [0.5, 0.6) is 0 Å². The summed E-state index contributed by atoms with van der Waals surface area (Å²) in [5.41, 5.74) is 5.62. The lowest BCUT2D eigenvalue weighted by molar-refractivity contribution is 0.104. The average Bonchev–Trinajstić information content (AvgIpc) is 3.42. The maximum atomic E-state index is 14.4. The molecule has 218 valence electrons. The zero-order valence-corrected chi connectivity index (χ0v) is 25.1. The highest BCUT2D eigenvalue weighted by atomic mass is 35.5. The number of benzene rings is 5. The van der Waals surface area contributed by atoms with Gasteiger partial charge in [0.2, 0.25) is 0 Å². The fraction of sp³-hybridized carbons (Fsp3) is 0.0513. The Bertz CT molecular complexity index is 2250. The number of ketones is 1. The van der Waals surface area contributed by atoms with Crippen LogP contribution in [0.4, 0.5) is 0 Å². The van der Waals surface area contributed by atoms with Crippen molar-refractivity contribution < 1.29 is 4.79 Å². The Kier molecular flexibility index (Phi) is 7.68. The highest BCUT2D eigenvalue weighted by Gasteiger charge is 2.23. The van der Waals surface area contributed by atoms with Crippen LogP contribution in [0.2, 0.25) is 5.02 Å². The fourth-order valence-electron chi connectivity index (χ4n) is 5.87. The summed E-state index contributed by atoms with van der Waals surface area (Å²) < 4.78 is 3.75. The lowest BCUT2D eigenvalue weighted by Gasteiger charge is -2.18. The predicted octanol–water partition coefficient (Wildman–Crippen LogP) is 8.66. The SMILES string of the molecule is O=C(C=Cc1nc2ccccc2n1Cc1ccccc1)c1c(-c2ccccc2)c2cc(Cl)ccc2n(Cc2ccccc2)c1=O. The third-order valence-electron chi connectivity index (χ3n) is 7.97. The Morgan fingerprint density at radius 1 is 0.689 bits per heavy atom. The van der Waals surface area contributed by atoms with E-state index in [4.69, 9.17) is 16.6 Å². The summed E-state index contributed by atoms with van der Waals surface area (Å²) in [6.45, 7) is 0.895. The first-order valence-corrected chi connectivity index (χ1v) is 15.1. The number of nitrogens with zero attached hydrogens (tertiary/aromatic N) is 3. The molecule has 0 saturated carbocycles. The van der Waals surface area contributed by atoms with Gasteiger partial charge in [-0.25, -0.2) is 4.98 Å². The Balaban J connectivity index is 1.41. The van der Waals surface area contributed by atoms with Crippen LogP contribution < -0.4 is 5.56 Å². The van der Waals surface area contributed by atoms with Crippen LogP contribution in [0, 0.1) is 0 Å². The number of hydrogen-bond acceptors (Lipinski definition) is 3. The molecular formula is C39H28ClN3O2. The van der Waals surface area contributed by atoms with E-state index in [0.29, 0.717) is 35.0 Å². The first-order chi connectivity index (χ1) is 22.1. The lowest BCUT2D eigenvalue weighted by Crippen LogP contribution is -2.28. The van der Waals surface area contributed by atoms with Gasteiger partial charge >= 0.3 is 0 Å². The second-order valence-corrected chi connectivity index (χ2v) is 11.3. The molecule has 2 heterocycles. The van der Waals surface area contributed by atoms with Gasteiger partial charge in [-0.2, -0.15) is 0 Å². The summed E-state index contributed by atoms with van der Waals surface area (Å²) in [4.78, 5) is 33.5. The smallest absolute Gasteiger partial charge is 0.263 e. The number of aromatic nitrogens is 3. The number of allylic oxidation sites excluding steroid dienone is 1. The van der Waals surface area contributed by atoms with Gasteiger partial charge in [0.05, 0.1) is 28.7 Å². The molecule has 0 amide bonds. The van der Waals surface area contributed by atoms with Crippen molar-refractivity contribution in [3.05, 3.63) is 177 Å². The summed E-state index contributed by atoms with van der Waals surface area (Å²) in [7, 11) is 0. The number of carbonyl (C=O) groups is 1. The minimum atomic E-state index is -0.402. The number of para-hydroxylation sites is 2. The van der Waals surface area contributed by atoms with Crippen LogP contribution in [0.3, 0.4) is 0 Å². The van der Waals surface area contributed by atoms with Crippen molar-refractivity contribution in [3.63, 3.8) is 0 Å². The van der Waals surface area contributed by atoms with Crippen LogP contribution >= 0.6 is 11.6 Å². The molecular weight excluding hydrogens is 578 g/mol. The Hall–Kier alpha value is -5.52. The van der Waals surface area contributed by atoms with E-state index in [1.54, 1.807) is 16.7 Å². The molecule has 0 fully saturated rings. The zero-order valence-electron chi connectivity index (χ0n) is 24.3. The summed E-state index contributed by atoms with van der Waals surface area (Å²) in [5, 5.41) is 1.26. The molecule has 0 aliphatic carbocycles. The number of halogens is 1. The van der Waals surface area contributed by atoms with Crippen molar-refractivity contribution in [2.24, 2.45) is 0 Å². The molecule has 0 radical (unpaired) electrons. The highest BCUT2D eigenvalue weighted by Crippen LogP contribution is 2.33. The Morgan fingerprint density at radius 3 is 1.98 bits per heavy atom. The van der Waals surface area contributed by atoms with Crippen molar-refractivity contribution in [2.45, 2.75) is 13.1 Å². The molecule has 7 aromatic rings. The first-order valence-electron chi connectivity index (χ1n) is 14.7. The minimum Gasteiger partial charge on any atom is -0.320 e. The summed E-state index contributed by atoms with van der Waals surface area (Å²) in [6, 6.07) is 42.8. The quantitative estimate of drug-likeness (QED) is 0.129. The maximum Gasteiger partial charge on any atom is 0.263 e. The van der Waals surface area contributed by atoms with Gasteiger partial charge in [-0.1, -0.05) is 115 Å². The van der Waals surface area contributed by atoms with Crippen LogP contribution in [0.25, 0.3) is 39.1 Å². The molecule has 0 bridgehead atoms. The van der Waals surface area contributed by atoms with E-state index in [1.165, 1.54) is 6.08 Å². The number of rotatable bonds is 8. The van der Waals surface area contributed by atoms with Crippen LogP contribution in [-0.4, -0.2) is 19.9 Å². The molecule has 0 spiro atoms. The number of carbonyl (C=O) groups excluding carboxylic acids is 1. The molecule has 0 N–H and O–H groups in total. The van der Waals surface area contributed by atoms with E-state index in [9.17, 15) is 9.59 Å². The van der Waals surface area contributed by atoms with Crippen LogP contribution in [0.1, 0.15) is 27.3 Å². The third-order valence-corrected chi connectivity index (χ3v) is 8.21. The van der Waals surface area contributed by atoms with Crippen molar-refractivity contribution in [3.8, 4) is 11.1 Å². The van der Waals surface area contributed by atoms with Gasteiger partial charge in [0.1, 0.15) is 5.82 Å². The molecule has 45 heavy (non-hydrogen) atoms. The van der Waals surface area contributed by atoms with E-state index >= 15 is 0 Å². The molecule has 0 saturated heterocycles. The Morgan fingerprint density at radius 2 is 1.29 bits per heavy atom. The second kappa shape index (κ2) is 12.2. The molecule has 0 atom stereocenters. The van der Waals surface area contributed by atoms with Gasteiger partial charge in [0, 0.05) is 22.5 Å². The fourth-order valence-corrected chi connectivity index (χ4v) is 6.05. The molecule has 0 unspecified atom stereocenters. The largest absolute Gasteiger partial charge is 0.320 e. The number of pyridine rings is 1. The van der Waals surface area contributed by atoms with E-state index < -0.39 is 5.78 Å².